The number of hydrogen-bond donors (Lipinski definition) is 1. The average Bonchev–Trinajstić information content (AvgIpc) is 3.43. The number of pyridine rings is 2. The summed E-state index contributed by atoms with van der Waals surface area (Å²) in [6, 6.07) is 2.10. The molecule has 0 aliphatic heterocycles. The molecular weight excluding hydrogens is 437 g/mol. The number of aryl methyl sites for hydroxylation is 1. The molecule has 5 rings (SSSR count). The fourth-order valence-electron chi connectivity index (χ4n) is 5.87. The minimum atomic E-state index is -0.134. The Morgan fingerprint density at radius 2 is 1.89 bits per heavy atom. The fourth-order valence-corrected chi connectivity index (χ4v) is 5.87. The molecular formula is C29H38FN5. The molecule has 1 saturated carbocycles. The molecule has 4 heterocycles. The summed E-state index contributed by atoms with van der Waals surface area (Å²) in [7, 11) is 0. The maximum absolute atomic E-state index is 16.2. The summed E-state index contributed by atoms with van der Waals surface area (Å²) in [6.07, 6.45) is 12.3. The predicted molar refractivity (Wildman–Crippen MR) is 140 cm³/mol. The molecule has 35 heavy (non-hydrogen) atoms. The van der Waals surface area contributed by atoms with E-state index in [1.807, 2.05) is 19.3 Å². The number of aromatic amines is 1. The lowest BCUT2D eigenvalue weighted by molar-refractivity contribution is 0.257. The molecule has 6 heteroatoms. The molecule has 1 aliphatic carbocycles. The van der Waals surface area contributed by atoms with Crippen molar-refractivity contribution in [3.8, 4) is 11.3 Å². The van der Waals surface area contributed by atoms with Gasteiger partial charge in [0, 0.05) is 23.1 Å². The number of nitrogens with zero attached hydrogens (tertiary/aromatic N) is 4. The van der Waals surface area contributed by atoms with Crippen LogP contribution in [0.4, 0.5) is 4.39 Å². The normalized spacial score (nSPS) is 19.3. The van der Waals surface area contributed by atoms with E-state index in [4.69, 9.17) is 0 Å². The fraction of sp³-hybridized carbons (Fsp3) is 0.552. The van der Waals surface area contributed by atoms with Gasteiger partial charge in [0.25, 0.3) is 0 Å². The topological polar surface area (TPSA) is 58.9 Å². The smallest absolute Gasteiger partial charge is 0.158 e. The highest BCUT2D eigenvalue weighted by atomic mass is 19.1. The molecule has 1 aliphatic rings. The highest BCUT2D eigenvalue weighted by Crippen LogP contribution is 2.42. The number of rotatable bonds is 5. The second-order valence-electron chi connectivity index (χ2n) is 12.1. The predicted octanol–water partition coefficient (Wildman–Crippen LogP) is 7.94. The summed E-state index contributed by atoms with van der Waals surface area (Å²) in [5.41, 5.74) is 6.62. The zero-order valence-electron chi connectivity index (χ0n) is 22.0. The summed E-state index contributed by atoms with van der Waals surface area (Å²) in [5, 5.41) is 5.02. The van der Waals surface area contributed by atoms with Gasteiger partial charge in [-0.2, -0.15) is 5.10 Å². The number of aromatic nitrogens is 5. The molecule has 0 spiro atoms. The van der Waals surface area contributed by atoms with Gasteiger partial charge in [0.05, 0.1) is 23.1 Å². The van der Waals surface area contributed by atoms with E-state index in [2.05, 4.69) is 60.7 Å². The molecule has 0 bridgehead atoms. The standard InChI is InChI=1S/C29H38FN5/c1-17(2)23-24-22(34-26(23)21-13-18(3)28-32-16-33-35(28)15-21)14-31-27(25(24)30)20-9-7-19(8-10-20)11-12-29(4,5)6/h13-17,19-20,34H,7-12H2,1-6H3. The maximum atomic E-state index is 16.2. The summed E-state index contributed by atoms with van der Waals surface area (Å²) < 4.78 is 18.0. The van der Waals surface area contributed by atoms with Gasteiger partial charge in [-0.25, -0.2) is 13.9 Å². The molecule has 0 unspecified atom stereocenters. The van der Waals surface area contributed by atoms with Crippen molar-refractivity contribution in [2.45, 2.75) is 91.9 Å². The third-order valence-electron chi connectivity index (χ3n) is 7.81. The maximum Gasteiger partial charge on any atom is 0.158 e. The molecule has 5 nitrogen and oxygen atoms in total. The lowest BCUT2D eigenvalue weighted by Gasteiger charge is -2.30. The largest absolute Gasteiger partial charge is 0.353 e. The van der Waals surface area contributed by atoms with Crippen LogP contribution in [0.2, 0.25) is 0 Å². The van der Waals surface area contributed by atoms with Gasteiger partial charge in [-0.1, -0.05) is 34.6 Å². The van der Waals surface area contributed by atoms with Crippen molar-refractivity contribution in [1.82, 2.24) is 24.6 Å². The molecule has 0 amide bonds. The van der Waals surface area contributed by atoms with Crippen molar-refractivity contribution >= 4 is 16.6 Å². The van der Waals surface area contributed by atoms with E-state index < -0.39 is 0 Å². The Bertz CT molecular complexity index is 1350. The van der Waals surface area contributed by atoms with Crippen LogP contribution in [0.15, 0.2) is 24.8 Å². The van der Waals surface area contributed by atoms with Gasteiger partial charge < -0.3 is 4.98 Å². The first kappa shape index (κ1) is 24.0. The number of fused-ring (bicyclic) bond motifs is 2. The molecule has 4 aromatic rings. The van der Waals surface area contributed by atoms with Crippen molar-refractivity contribution in [1.29, 1.82) is 0 Å². The van der Waals surface area contributed by atoms with Crippen LogP contribution in [0.5, 0.6) is 0 Å². The lowest BCUT2D eigenvalue weighted by Crippen LogP contribution is -2.17. The van der Waals surface area contributed by atoms with Gasteiger partial charge >= 0.3 is 0 Å². The van der Waals surface area contributed by atoms with Crippen LogP contribution in [0.3, 0.4) is 0 Å². The third kappa shape index (κ3) is 4.60. The van der Waals surface area contributed by atoms with Crippen molar-refractivity contribution in [3.05, 3.63) is 47.4 Å². The Labute approximate surface area is 207 Å². The van der Waals surface area contributed by atoms with E-state index >= 15 is 4.39 Å². The van der Waals surface area contributed by atoms with Gasteiger partial charge in [0.15, 0.2) is 11.5 Å². The van der Waals surface area contributed by atoms with Gasteiger partial charge in [-0.15, -0.1) is 0 Å². The highest BCUT2D eigenvalue weighted by Gasteiger charge is 2.29. The second kappa shape index (κ2) is 9.03. The van der Waals surface area contributed by atoms with Crippen LogP contribution in [0, 0.1) is 24.1 Å². The molecule has 0 atom stereocenters. The van der Waals surface area contributed by atoms with Crippen molar-refractivity contribution in [2.24, 2.45) is 11.3 Å². The Hall–Kier alpha value is -2.76. The van der Waals surface area contributed by atoms with E-state index in [1.165, 1.54) is 25.7 Å². The third-order valence-corrected chi connectivity index (χ3v) is 7.81. The molecule has 1 fully saturated rings. The first-order valence-corrected chi connectivity index (χ1v) is 13.1. The van der Waals surface area contributed by atoms with Crippen LogP contribution in [0.25, 0.3) is 27.8 Å². The first-order chi connectivity index (χ1) is 16.6. The van der Waals surface area contributed by atoms with Crippen molar-refractivity contribution in [2.75, 3.05) is 0 Å². The van der Waals surface area contributed by atoms with Crippen LogP contribution in [-0.4, -0.2) is 24.6 Å². The first-order valence-electron chi connectivity index (χ1n) is 13.1. The van der Waals surface area contributed by atoms with E-state index in [1.54, 1.807) is 10.8 Å². The zero-order chi connectivity index (χ0) is 24.9. The summed E-state index contributed by atoms with van der Waals surface area (Å²) in [5.74, 6) is 0.989. The zero-order valence-corrected chi connectivity index (χ0v) is 22.0. The van der Waals surface area contributed by atoms with Crippen LogP contribution < -0.4 is 0 Å². The van der Waals surface area contributed by atoms with Crippen molar-refractivity contribution < 1.29 is 4.39 Å². The van der Waals surface area contributed by atoms with Crippen LogP contribution >= 0.6 is 0 Å². The molecule has 1 N–H and O–H groups in total. The molecule has 0 saturated heterocycles. The van der Waals surface area contributed by atoms with E-state index in [0.29, 0.717) is 16.5 Å². The van der Waals surface area contributed by atoms with E-state index in [0.717, 1.165) is 52.3 Å². The van der Waals surface area contributed by atoms with Gasteiger partial charge in [-0.3, -0.25) is 4.98 Å². The number of H-pyrrole nitrogens is 1. The summed E-state index contributed by atoms with van der Waals surface area (Å²) in [6.45, 7) is 13.2. The Morgan fingerprint density at radius 1 is 1.14 bits per heavy atom. The highest BCUT2D eigenvalue weighted by molar-refractivity contribution is 5.92. The average molecular weight is 476 g/mol. The summed E-state index contributed by atoms with van der Waals surface area (Å²) in [4.78, 5) is 12.5. The monoisotopic (exact) mass is 475 g/mol. The lowest BCUT2D eigenvalue weighted by atomic mass is 9.76. The number of nitrogens with one attached hydrogen (secondary N) is 1. The van der Waals surface area contributed by atoms with E-state index in [9.17, 15) is 0 Å². The minimum Gasteiger partial charge on any atom is -0.353 e. The Kier molecular flexibility index (Phi) is 6.18. The van der Waals surface area contributed by atoms with Gasteiger partial charge in [0.2, 0.25) is 0 Å². The summed E-state index contributed by atoms with van der Waals surface area (Å²) >= 11 is 0. The number of halogens is 1. The van der Waals surface area contributed by atoms with Crippen LogP contribution in [-0.2, 0) is 0 Å². The van der Waals surface area contributed by atoms with Crippen LogP contribution in [0.1, 0.15) is 102 Å². The Balaban J connectivity index is 1.49. The SMILES string of the molecule is Cc1cc(-c2[nH]c3cnc(C4CCC(CCC(C)(C)C)CC4)c(F)c3c2C(C)C)cn2ncnc12. The van der Waals surface area contributed by atoms with E-state index in [-0.39, 0.29) is 17.7 Å². The molecule has 186 valence electrons. The quantitative estimate of drug-likeness (QED) is 0.319. The van der Waals surface area contributed by atoms with Crippen molar-refractivity contribution in [3.63, 3.8) is 0 Å². The molecule has 0 aromatic carbocycles. The second-order valence-corrected chi connectivity index (χ2v) is 12.1. The minimum absolute atomic E-state index is 0.134. The van der Waals surface area contributed by atoms with Gasteiger partial charge in [0.1, 0.15) is 6.33 Å². The van der Waals surface area contributed by atoms with Gasteiger partial charge in [-0.05, 0) is 79.9 Å². The molecule has 0 radical (unpaired) electrons. The molecule has 4 aromatic heterocycles. The number of hydrogen-bond acceptors (Lipinski definition) is 3. The Morgan fingerprint density at radius 3 is 2.57 bits per heavy atom.